The summed E-state index contributed by atoms with van der Waals surface area (Å²) in [7, 11) is 1.12. The lowest BCUT2D eigenvalue weighted by Gasteiger charge is -1.97. The Bertz CT molecular complexity index is 171. The van der Waals surface area contributed by atoms with Crippen molar-refractivity contribution < 1.29 is 19.1 Å². The summed E-state index contributed by atoms with van der Waals surface area (Å²) in [5.74, 6) is -1.94. The van der Waals surface area contributed by atoms with E-state index in [1.54, 1.807) is 19.1 Å². The number of carbonyl (C=O) groups excluding carboxylic acids is 2. The van der Waals surface area contributed by atoms with Gasteiger partial charge in [0.05, 0.1) is 7.11 Å². The monoisotopic (exact) mass is 158 g/mol. The van der Waals surface area contributed by atoms with Crippen molar-refractivity contribution in [3.8, 4) is 0 Å². The molecule has 0 saturated carbocycles. The molecule has 0 aromatic heterocycles. The first-order valence-corrected chi connectivity index (χ1v) is 3.08. The van der Waals surface area contributed by atoms with Gasteiger partial charge in [-0.25, -0.2) is 9.59 Å². The Labute approximate surface area is 64.8 Å². The third-order valence-electron chi connectivity index (χ3n) is 0.898. The molecule has 0 spiro atoms. The molecule has 0 unspecified atom stereocenters. The van der Waals surface area contributed by atoms with E-state index in [1.165, 1.54) is 0 Å². The molecule has 0 amide bonds. The molecular formula is C7H10O4. The lowest BCUT2D eigenvalue weighted by Crippen LogP contribution is -2.18. The minimum absolute atomic E-state index is 0.102. The third-order valence-corrected chi connectivity index (χ3v) is 0.898. The summed E-state index contributed by atoms with van der Waals surface area (Å²) in [6.07, 6.45) is 3.32. The Balaban J connectivity index is 3.61. The molecule has 0 radical (unpaired) electrons. The van der Waals surface area contributed by atoms with E-state index < -0.39 is 11.9 Å². The lowest BCUT2D eigenvalue weighted by molar-refractivity contribution is -0.165. The fraction of sp³-hybridized carbons (Fsp3) is 0.429. The summed E-state index contributed by atoms with van der Waals surface area (Å²) >= 11 is 0. The molecule has 4 heteroatoms. The first-order chi connectivity index (χ1) is 5.22. The molecule has 0 bridgehead atoms. The van der Waals surface area contributed by atoms with Crippen LogP contribution in [0.5, 0.6) is 0 Å². The molecule has 0 rings (SSSR count). The second-order valence-corrected chi connectivity index (χ2v) is 1.66. The van der Waals surface area contributed by atoms with Crippen LogP contribution in [0.1, 0.15) is 6.92 Å². The maximum absolute atomic E-state index is 10.5. The highest BCUT2D eigenvalue weighted by atomic mass is 16.6. The number of rotatable bonds is 2. The highest BCUT2D eigenvalue weighted by Crippen LogP contribution is 1.83. The maximum Gasteiger partial charge on any atom is 0.417 e. The lowest BCUT2D eigenvalue weighted by atomic mass is 10.5. The number of allylic oxidation sites excluding steroid dienone is 1. The average molecular weight is 158 g/mol. The molecule has 0 aliphatic carbocycles. The van der Waals surface area contributed by atoms with Gasteiger partial charge in [-0.2, -0.15) is 0 Å². The van der Waals surface area contributed by atoms with E-state index in [1.807, 2.05) is 0 Å². The molecule has 0 aliphatic heterocycles. The second-order valence-electron chi connectivity index (χ2n) is 1.66. The van der Waals surface area contributed by atoms with Gasteiger partial charge in [-0.15, -0.1) is 0 Å². The highest BCUT2D eigenvalue weighted by Gasteiger charge is 2.13. The molecular weight excluding hydrogens is 148 g/mol. The van der Waals surface area contributed by atoms with Crippen molar-refractivity contribution in [1.29, 1.82) is 0 Å². The molecule has 0 aromatic rings. The van der Waals surface area contributed by atoms with Crippen molar-refractivity contribution in [1.82, 2.24) is 0 Å². The smallest absolute Gasteiger partial charge is 0.417 e. The molecule has 0 fully saturated rings. The molecule has 0 atom stereocenters. The number of methoxy groups -OCH3 is 1. The van der Waals surface area contributed by atoms with Crippen molar-refractivity contribution in [3.63, 3.8) is 0 Å². The summed E-state index contributed by atoms with van der Waals surface area (Å²) < 4.78 is 8.54. The topological polar surface area (TPSA) is 52.6 Å². The van der Waals surface area contributed by atoms with Crippen molar-refractivity contribution in [3.05, 3.63) is 12.2 Å². The van der Waals surface area contributed by atoms with Gasteiger partial charge in [0, 0.05) is 0 Å². The molecule has 0 heterocycles. The minimum atomic E-state index is -0.977. The summed E-state index contributed by atoms with van der Waals surface area (Å²) in [5.41, 5.74) is 0. The standard InChI is InChI=1S/C7H10O4/c1-3-4-5-11-7(9)6(8)10-2/h3-4H,5H2,1-2H3/b4-3+. The van der Waals surface area contributed by atoms with Crippen LogP contribution in [0.15, 0.2) is 12.2 Å². The van der Waals surface area contributed by atoms with Crippen LogP contribution in [0, 0.1) is 0 Å². The van der Waals surface area contributed by atoms with Crippen LogP contribution in [0.3, 0.4) is 0 Å². The molecule has 0 N–H and O–H groups in total. The third kappa shape index (κ3) is 4.13. The van der Waals surface area contributed by atoms with Gasteiger partial charge in [0.25, 0.3) is 0 Å². The summed E-state index contributed by atoms with van der Waals surface area (Å²) in [4.78, 5) is 20.9. The van der Waals surface area contributed by atoms with Crippen LogP contribution in [0.4, 0.5) is 0 Å². The predicted octanol–water partition coefficient (Wildman–Crippen LogP) is 0.279. The normalized spacial score (nSPS) is 9.64. The van der Waals surface area contributed by atoms with E-state index in [0.717, 1.165) is 7.11 Å². The fourth-order valence-corrected chi connectivity index (χ4v) is 0.362. The van der Waals surface area contributed by atoms with Crippen molar-refractivity contribution in [2.75, 3.05) is 13.7 Å². The van der Waals surface area contributed by atoms with Gasteiger partial charge >= 0.3 is 11.9 Å². The van der Waals surface area contributed by atoms with E-state index in [2.05, 4.69) is 9.47 Å². The van der Waals surface area contributed by atoms with Crippen molar-refractivity contribution in [2.45, 2.75) is 6.92 Å². The molecule has 4 nitrogen and oxygen atoms in total. The van der Waals surface area contributed by atoms with E-state index in [0.29, 0.717) is 0 Å². The van der Waals surface area contributed by atoms with Crippen LogP contribution in [-0.4, -0.2) is 25.7 Å². The van der Waals surface area contributed by atoms with Gasteiger partial charge < -0.3 is 9.47 Å². The van der Waals surface area contributed by atoms with Gasteiger partial charge in [0.2, 0.25) is 0 Å². The number of esters is 2. The molecule has 0 aromatic carbocycles. The second kappa shape index (κ2) is 5.46. The number of carbonyl (C=O) groups is 2. The molecule has 11 heavy (non-hydrogen) atoms. The van der Waals surface area contributed by atoms with Gasteiger partial charge in [-0.3, -0.25) is 0 Å². The van der Waals surface area contributed by atoms with Crippen molar-refractivity contribution in [2.24, 2.45) is 0 Å². The summed E-state index contributed by atoms with van der Waals surface area (Å²) in [6, 6.07) is 0. The molecule has 0 aliphatic rings. The van der Waals surface area contributed by atoms with Crippen LogP contribution >= 0.6 is 0 Å². The van der Waals surface area contributed by atoms with Crippen LogP contribution < -0.4 is 0 Å². The first-order valence-electron chi connectivity index (χ1n) is 3.08. The van der Waals surface area contributed by atoms with Gasteiger partial charge in [-0.05, 0) is 6.92 Å². The number of hydrogen-bond acceptors (Lipinski definition) is 4. The van der Waals surface area contributed by atoms with Crippen LogP contribution in [0.25, 0.3) is 0 Å². The highest BCUT2D eigenvalue weighted by molar-refractivity contribution is 6.29. The van der Waals surface area contributed by atoms with E-state index in [4.69, 9.17) is 0 Å². The van der Waals surface area contributed by atoms with E-state index in [-0.39, 0.29) is 6.61 Å². The number of hydrogen-bond donors (Lipinski definition) is 0. The zero-order valence-electron chi connectivity index (χ0n) is 6.49. The maximum atomic E-state index is 10.5. The van der Waals surface area contributed by atoms with Gasteiger partial charge in [0.1, 0.15) is 6.61 Å². The summed E-state index contributed by atoms with van der Waals surface area (Å²) in [5, 5.41) is 0. The number of ether oxygens (including phenoxy) is 2. The van der Waals surface area contributed by atoms with Crippen LogP contribution in [0.2, 0.25) is 0 Å². The SMILES string of the molecule is C/C=C/COC(=O)C(=O)OC. The van der Waals surface area contributed by atoms with Crippen LogP contribution in [-0.2, 0) is 19.1 Å². The largest absolute Gasteiger partial charge is 0.461 e. The zero-order chi connectivity index (χ0) is 8.69. The van der Waals surface area contributed by atoms with E-state index in [9.17, 15) is 9.59 Å². The fourth-order valence-electron chi connectivity index (χ4n) is 0.362. The zero-order valence-corrected chi connectivity index (χ0v) is 6.49. The van der Waals surface area contributed by atoms with Gasteiger partial charge in [0.15, 0.2) is 0 Å². The molecule has 0 saturated heterocycles. The minimum Gasteiger partial charge on any atom is -0.461 e. The van der Waals surface area contributed by atoms with Crippen molar-refractivity contribution >= 4 is 11.9 Å². The van der Waals surface area contributed by atoms with Gasteiger partial charge in [-0.1, -0.05) is 12.2 Å². The average Bonchev–Trinajstić information content (AvgIpc) is 2.03. The Hall–Kier alpha value is -1.32. The summed E-state index contributed by atoms with van der Waals surface area (Å²) in [6.45, 7) is 1.89. The Morgan fingerprint density at radius 1 is 1.36 bits per heavy atom. The molecule has 62 valence electrons. The predicted molar refractivity (Wildman–Crippen MR) is 37.8 cm³/mol. The quantitative estimate of drug-likeness (QED) is 0.329. The first kappa shape index (κ1) is 9.68. The van der Waals surface area contributed by atoms with E-state index >= 15 is 0 Å². The Morgan fingerprint density at radius 3 is 2.45 bits per heavy atom. The Morgan fingerprint density at radius 2 is 2.00 bits per heavy atom. The Kier molecular flexibility index (Phi) is 4.81.